The van der Waals surface area contributed by atoms with Crippen molar-refractivity contribution >= 4 is 38.2 Å². The Hall–Kier alpha value is -1.29. The molecule has 0 aliphatic heterocycles. The highest BCUT2D eigenvalue weighted by Gasteiger charge is 2.21. The number of hydrogen-bond donors (Lipinski definition) is 2. The van der Waals surface area contributed by atoms with Crippen molar-refractivity contribution in [3.63, 3.8) is 0 Å². The quantitative estimate of drug-likeness (QED) is 0.911. The van der Waals surface area contributed by atoms with Crippen molar-refractivity contribution in [2.24, 2.45) is 5.92 Å². The lowest BCUT2D eigenvalue weighted by Crippen LogP contribution is -2.07. The van der Waals surface area contributed by atoms with Gasteiger partial charge in [-0.15, -0.1) is 0 Å². The van der Waals surface area contributed by atoms with Gasteiger partial charge < -0.3 is 11.1 Å². The number of benzene rings is 1. The fourth-order valence-electron chi connectivity index (χ4n) is 1.91. The zero-order chi connectivity index (χ0) is 11.8. The van der Waals surface area contributed by atoms with Gasteiger partial charge in [0.05, 0.1) is 5.69 Å². The molecule has 1 aromatic heterocycles. The van der Waals surface area contributed by atoms with Crippen LogP contribution >= 0.6 is 15.9 Å². The molecule has 3 rings (SSSR count). The van der Waals surface area contributed by atoms with Crippen LogP contribution in [0.1, 0.15) is 12.8 Å². The van der Waals surface area contributed by atoms with Gasteiger partial charge in [0.15, 0.2) is 0 Å². The molecule has 1 heterocycles. The van der Waals surface area contributed by atoms with E-state index in [0.29, 0.717) is 0 Å². The molecule has 1 saturated carbocycles. The molecular weight excluding hydrogens is 278 g/mol. The van der Waals surface area contributed by atoms with Gasteiger partial charge in [-0.25, -0.2) is 4.98 Å². The third kappa shape index (κ3) is 2.22. The third-order valence-corrected chi connectivity index (χ3v) is 3.64. The summed E-state index contributed by atoms with van der Waals surface area (Å²) in [5.74, 6) is 1.62. The minimum absolute atomic E-state index is 0.740. The van der Waals surface area contributed by atoms with Crippen LogP contribution in [0.15, 0.2) is 28.9 Å². The van der Waals surface area contributed by atoms with Gasteiger partial charge in [-0.1, -0.05) is 22.0 Å². The summed E-state index contributed by atoms with van der Waals surface area (Å²) in [6.45, 7) is 0.983. The molecule has 3 N–H and O–H groups in total. The highest BCUT2D eigenvalue weighted by atomic mass is 79.9. The van der Waals surface area contributed by atoms with Gasteiger partial charge in [0.1, 0.15) is 5.82 Å². The van der Waals surface area contributed by atoms with Crippen molar-refractivity contribution < 1.29 is 0 Å². The third-order valence-electron chi connectivity index (χ3n) is 3.15. The standard InChI is InChI=1S/C13H14BrN3/c14-10-4-3-9-7-17-13(12(15)11(9)5-10)16-6-8-1-2-8/h3-5,7-8H,1-2,6,15H2,(H,16,17). The van der Waals surface area contributed by atoms with Gasteiger partial charge >= 0.3 is 0 Å². The second-order valence-electron chi connectivity index (χ2n) is 4.58. The van der Waals surface area contributed by atoms with E-state index >= 15 is 0 Å². The summed E-state index contributed by atoms with van der Waals surface area (Å²) < 4.78 is 1.04. The van der Waals surface area contributed by atoms with Crippen LogP contribution in [0, 0.1) is 5.92 Å². The van der Waals surface area contributed by atoms with Crippen LogP contribution in [-0.2, 0) is 0 Å². The van der Waals surface area contributed by atoms with Crippen LogP contribution in [-0.4, -0.2) is 11.5 Å². The fraction of sp³-hybridized carbons (Fsp3) is 0.308. The van der Waals surface area contributed by atoms with Gasteiger partial charge in [0.2, 0.25) is 0 Å². The lowest BCUT2D eigenvalue weighted by atomic mass is 10.1. The van der Waals surface area contributed by atoms with E-state index in [1.165, 1.54) is 12.8 Å². The summed E-state index contributed by atoms with van der Waals surface area (Å²) in [4.78, 5) is 4.38. The van der Waals surface area contributed by atoms with Gasteiger partial charge in [-0.2, -0.15) is 0 Å². The average Bonchev–Trinajstić information content (AvgIpc) is 3.13. The topological polar surface area (TPSA) is 50.9 Å². The number of nitrogens with two attached hydrogens (primary N) is 1. The molecule has 3 nitrogen and oxygen atoms in total. The van der Waals surface area contributed by atoms with E-state index in [0.717, 1.165) is 39.2 Å². The number of nitrogen functional groups attached to an aromatic ring is 1. The maximum Gasteiger partial charge on any atom is 0.149 e. The molecule has 1 fully saturated rings. The first-order chi connectivity index (χ1) is 8.24. The molecule has 0 bridgehead atoms. The number of nitrogens with zero attached hydrogens (tertiary/aromatic N) is 1. The minimum Gasteiger partial charge on any atom is -0.395 e. The summed E-state index contributed by atoms with van der Waals surface area (Å²) in [7, 11) is 0. The van der Waals surface area contributed by atoms with Gasteiger partial charge in [0.25, 0.3) is 0 Å². The Balaban J connectivity index is 1.97. The second-order valence-corrected chi connectivity index (χ2v) is 5.49. The second kappa shape index (κ2) is 4.18. The van der Waals surface area contributed by atoms with Crippen molar-refractivity contribution in [2.45, 2.75) is 12.8 Å². The number of rotatable bonds is 3. The van der Waals surface area contributed by atoms with E-state index in [2.05, 4.69) is 26.2 Å². The summed E-state index contributed by atoms with van der Waals surface area (Å²) in [5.41, 5.74) is 6.89. The number of anilines is 2. The maximum atomic E-state index is 6.15. The van der Waals surface area contributed by atoms with Gasteiger partial charge in [0, 0.05) is 28.0 Å². The molecule has 4 heteroatoms. The van der Waals surface area contributed by atoms with Crippen LogP contribution in [0.25, 0.3) is 10.8 Å². The highest BCUT2D eigenvalue weighted by molar-refractivity contribution is 9.10. The Kier molecular flexibility index (Phi) is 2.67. The Bertz CT molecular complexity index is 564. The zero-order valence-corrected chi connectivity index (χ0v) is 11.0. The number of pyridine rings is 1. The van der Waals surface area contributed by atoms with Gasteiger partial charge in [-0.05, 0) is 30.9 Å². The van der Waals surface area contributed by atoms with E-state index in [-0.39, 0.29) is 0 Å². The van der Waals surface area contributed by atoms with Crippen LogP contribution in [0.4, 0.5) is 11.5 Å². The zero-order valence-electron chi connectivity index (χ0n) is 9.41. The summed E-state index contributed by atoms with van der Waals surface area (Å²) in [6.07, 6.45) is 4.52. The smallest absolute Gasteiger partial charge is 0.149 e. The van der Waals surface area contributed by atoms with E-state index in [9.17, 15) is 0 Å². The van der Waals surface area contributed by atoms with E-state index < -0.39 is 0 Å². The fourth-order valence-corrected chi connectivity index (χ4v) is 2.27. The Morgan fingerprint density at radius 3 is 3.00 bits per heavy atom. The molecule has 0 unspecified atom stereocenters. The van der Waals surface area contributed by atoms with E-state index in [1.54, 1.807) is 0 Å². The maximum absolute atomic E-state index is 6.15. The van der Waals surface area contributed by atoms with E-state index in [1.807, 2.05) is 24.4 Å². The molecule has 0 saturated heterocycles. The molecule has 0 amide bonds. The van der Waals surface area contributed by atoms with Crippen molar-refractivity contribution in [3.05, 3.63) is 28.9 Å². The molecule has 1 aliphatic rings. The van der Waals surface area contributed by atoms with Crippen molar-refractivity contribution in [2.75, 3.05) is 17.6 Å². The number of fused-ring (bicyclic) bond motifs is 1. The molecule has 1 aromatic carbocycles. The first-order valence-electron chi connectivity index (χ1n) is 5.81. The minimum atomic E-state index is 0.740. The lowest BCUT2D eigenvalue weighted by molar-refractivity contribution is 0.884. The van der Waals surface area contributed by atoms with Crippen LogP contribution in [0.5, 0.6) is 0 Å². The summed E-state index contributed by atoms with van der Waals surface area (Å²) in [5, 5.41) is 5.46. The monoisotopic (exact) mass is 291 g/mol. The molecule has 0 atom stereocenters. The van der Waals surface area contributed by atoms with Crippen LogP contribution < -0.4 is 11.1 Å². The van der Waals surface area contributed by atoms with Crippen molar-refractivity contribution in [3.8, 4) is 0 Å². The molecule has 88 valence electrons. The van der Waals surface area contributed by atoms with E-state index in [4.69, 9.17) is 5.73 Å². The molecule has 1 aliphatic carbocycles. The van der Waals surface area contributed by atoms with Gasteiger partial charge in [-0.3, -0.25) is 0 Å². The molecule has 0 spiro atoms. The first kappa shape index (κ1) is 10.8. The first-order valence-corrected chi connectivity index (χ1v) is 6.61. The normalized spacial score (nSPS) is 15.1. The molecule has 17 heavy (non-hydrogen) atoms. The number of nitrogens with one attached hydrogen (secondary N) is 1. The SMILES string of the molecule is Nc1c(NCC2CC2)ncc2ccc(Br)cc12. The number of hydrogen-bond acceptors (Lipinski definition) is 3. The van der Waals surface area contributed by atoms with Crippen LogP contribution in [0.3, 0.4) is 0 Å². The van der Waals surface area contributed by atoms with Crippen molar-refractivity contribution in [1.82, 2.24) is 4.98 Å². The molecular formula is C13H14BrN3. The molecule has 0 radical (unpaired) electrons. The lowest BCUT2D eigenvalue weighted by Gasteiger charge is -2.10. The molecule has 2 aromatic rings. The predicted octanol–water partition coefficient (Wildman–Crippen LogP) is 3.40. The number of aromatic nitrogens is 1. The largest absolute Gasteiger partial charge is 0.395 e. The van der Waals surface area contributed by atoms with Crippen LogP contribution in [0.2, 0.25) is 0 Å². The van der Waals surface area contributed by atoms with Crippen molar-refractivity contribution in [1.29, 1.82) is 0 Å². The summed E-state index contributed by atoms with van der Waals surface area (Å²) >= 11 is 3.47. The Morgan fingerprint density at radius 2 is 2.24 bits per heavy atom. The average molecular weight is 292 g/mol. The summed E-state index contributed by atoms with van der Waals surface area (Å²) in [6, 6.07) is 6.06. The number of halogens is 1. The Morgan fingerprint density at radius 1 is 1.41 bits per heavy atom. The predicted molar refractivity (Wildman–Crippen MR) is 75.1 cm³/mol. The highest BCUT2D eigenvalue weighted by Crippen LogP contribution is 2.32. The Labute approximate surface area is 109 Å².